The molecular weight excluding hydrogens is 158 g/mol. The van der Waals surface area contributed by atoms with Crippen molar-refractivity contribution in [2.24, 2.45) is 17.8 Å². The Morgan fingerprint density at radius 2 is 1.85 bits per heavy atom. The van der Waals surface area contributed by atoms with Crippen LogP contribution < -0.4 is 5.32 Å². The van der Waals surface area contributed by atoms with E-state index in [9.17, 15) is 0 Å². The molecule has 76 valence electrons. The highest BCUT2D eigenvalue weighted by atomic mass is 14.9. The summed E-state index contributed by atoms with van der Waals surface area (Å²) in [6.07, 6.45) is 9.04. The van der Waals surface area contributed by atoms with Crippen molar-refractivity contribution in [2.75, 3.05) is 13.1 Å². The third-order valence-electron chi connectivity index (χ3n) is 4.04. The maximum Gasteiger partial charge on any atom is -0.00173 e. The van der Waals surface area contributed by atoms with Gasteiger partial charge in [0.2, 0.25) is 0 Å². The zero-order valence-corrected chi connectivity index (χ0v) is 8.89. The van der Waals surface area contributed by atoms with E-state index < -0.39 is 0 Å². The fourth-order valence-corrected chi connectivity index (χ4v) is 3.03. The molecule has 0 spiro atoms. The zero-order chi connectivity index (χ0) is 9.10. The highest BCUT2D eigenvalue weighted by molar-refractivity contribution is 4.81. The maximum absolute atomic E-state index is 3.51. The summed E-state index contributed by atoms with van der Waals surface area (Å²) in [7, 11) is 0. The van der Waals surface area contributed by atoms with Gasteiger partial charge in [-0.3, -0.25) is 0 Å². The van der Waals surface area contributed by atoms with E-state index in [1.54, 1.807) is 0 Å². The average molecular weight is 181 g/mol. The zero-order valence-electron chi connectivity index (χ0n) is 8.89. The molecule has 2 aliphatic rings. The Bertz CT molecular complexity index is 149. The third kappa shape index (κ3) is 2.46. The molecule has 0 bridgehead atoms. The van der Waals surface area contributed by atoms with Crippen LogP contribution in [0.2, 0.25) is 0 Å². The van der Waals surface area contributed by atoms with E-state index >= 15 is 0 Å². The summed E-state index contributed by atoms with van der Waals surface area (Å²) in [6.45, 7) is 4.96. The molecule has 2 atom stereocenters. The second-order valence-electron chi connectivity index (χ2n) is 5.14. The van der Waals surface area contributed by atoms with Crippen molar-refractivity contribution < 1.29 is 0 Å². The van der Waals surface area contributed by atoms with Gasteiger partial charge in [-0.05, 0) is 37.3 Å². The molecule has 1 heteroatoms. The molecule has 2 fully saturated rings. The lowest BCUT2D eigenvalue weighted by Crippen LogP contribution is -2.17. The topological polar surface area (TPSA) is 12.0 Å². The lowest BCUT2D eigenvalue weighted by atomic mass is 9.80. The predicted octanol–water partition coefficient (Wildman–Crippen LogP) is 2.81. The summed E-state index contributed by atoms with van der Waals surface area (Å²) in [5.41, 5.74) is 0. The second-order valence-corrected chi connectivity index (χ2v) is 5.14. The molecule has 1 saturated carbocycles. The van der Waals surface area contributed by atoms with Gasteiger partial charge in [0, 0.05) is 0 Å². The van der Waals surface area contributed by atoms with E-state index in [0.717, 1.165) is 17.8 Å². The molecule has 0 aromatic rings. The molecule has 0 aromatic carbocycles. The molecule has 2 rings (SSSR count). The quantitative estimate of drug-likeness (QED) is 0.690. The highest BCUT2D eigenvalue weighted by Gasteiger charge is 2.26. The van der Waals surface area contributed by atoms with Crippen LogP contribution in [0.25, 0.3) is 0 Å². The highest BCUT2D eigenvalue weighted by Crippen LogP contribution is 2.32. The summed E-state index contributed by atoms with van der Waals surface area (Å²) in [4.78, 5) is 0. The minimum absolute atomic E-state index is 0.932. The van der Waals surface area contributed by atoms with E-state index in [1.807, 2.05) is 0 Å². The first kappa shape index (κ1) is 9.51. The molecule has 1 saturated heterocycles. The monoisotopic (exact) mass is 181 g/mol. The summed E-state index contributed by atoms with van der Waals surface area (Å²) < 4.78 is 0. The van der Waals surface area contributed by atoms with Crippen LogP contribution in [0.3, 0.4) is 0 Å². The Morgan fingerprint density at radius 3 is 2.46 bits per heavy atom. The largest absolute Gasteiger partial charge is 0.316 e. The van der Waals surface area contributed by atoms with Crippen LogP contribution in [0, 0.1) is 17.8 Å². The molecule has 0 aromatic heterocycles. The molecule has 0 radical (unpaired) electrons. The van der Waals surface area contributed by atoms with E-state index in [0.29, 0.717) is 0 Å². The van der Waals surface area contributed by atoms with E-state index in [1.165, 1.54) is 51.6 Å². The number of nitrogens with one attached hydrogen (secondary N) is 1. The van der Waals surface area contributed by atoms with Crippen molar-refractivity contribution in [2.45, 2.75) is 45.4 Å². The summed E-state index contributed by atoms with van der Waals surface area (Å²) >= 11 is 0. The van der Waals surface area contributed by atoms with Gasteiger partial charge in [0.15, 0.2) is 0 Å². The standard InChI is InChI=1S/C12H23N/c1-10-8-13-9-12(10)7-11-5-3-2-4-6-11/h10-13H,2-9H2,1H3/t10-,12-/m1/s1. The van der Waals surface area contributed by atoms with Crippen LogP contribution in [0.1, 0.15) is 45.4 Å². The number of hydrogen-bond acceptors (Lipinski definition) is 1. The van der Waals surface area contributed by atoms with Gasteiger partial charge in [0.25, 0.3) is 0 Å². The van der Waals surface area contributed by atoms with Crippen LogP contribution in [0.5, 0.6) is 0 Å². The minimum Gasteiger partial charge on any atom is -0.316 e. The van der Waals surface area contributed by atoms with Crippen molar-refractivity contribution in [3.63, 3.8) is 0 Å². The third-order valence-corrected chi connectivity index (χ3v) is 4.04. The molecule has 1 aliphatic heterocycles. The molecule has 0 amide bonds. The van der Waals surface area contributed by atoms with Crippen LogP contribution in [-0.2, 0) is 0 Å². The first-order valence-electron chi connectivity index (χ1n) is 6.07. The van der Waals surface area contributed by atoms with Crippen LogP contribution in [0.15, 0.2) is 0 Å². The van der Waals surface area contributed by atoms with Crippen LogP contribution in [0.4, 0.5) is 0 Å². The molecule has 1 aliphatic carbocycles. The molecule has 1 heterocycles. The Kier molecular flexibility index (Phi) is 3.26. The van der Waals surface area contributed by atoms with Gasteiger partial charge in [-0.1, -0.05) is 39.0 Å². The van der Waals surface area contributed by atoms with Crippen molar-refractivity contribution in [1.82, 2.24) is 5.32 Å². The molecule has 0 unspecified atom stereocenters. The van der Waals surface area contributed by atoms with Gasteiger partial charge in [-0.25, -0.2) is 0 Å². The fraction of sp³-hybridized carbons (Fsp3) is 1.00. The van der Waals surface area contributed by atoms with Gasteiger partial charge >= 0.3 is 0 Å². The lowest BCUT2D eigenvalue weighted by Gasteiger charge is -2.25. The van der Waals surface area contributed by atoms with Crippen molar-refractivity contribution >= 4 is 0 Å². The molecule has 13 heavy (non-hydrogen) atoms. The Hall–Kier alpha value is -0.0400. The Labute approximate surface area is 82.3 Å². The minimum atomic E-state index is 0.932. The number of rotatable bonds is 2. The predicted molar refractivity (Wildman–Crippen MR) is 56.7 cm³/mol. The van der Waals surface area contributed by atoms with Crippen molar-refractivity contribution in [3.8, 4) is 0 Å². The molecule has 1 nitrogen and oxygen atoms in total. The van der Waals surface area contributed by atoms with Gasteiger partial charge in [0.1, 0.15) is 0 Å². The first-order valence-corrected chi connectivity index (χ1v) is 6.07. The number of hydrogen-bond donors (Lipinski definition) is 1. The van der Waals surface area contributed by atoms with E-state index in [2.05, 4.69) is 12.2 Å². The normalized spacial score (nSPS) is 36.7. The Morgan fingerprint density at radius 1 is 1.08 bits per heavy atom. The van der Waals surface area contributed by atoms with Gasteiger partial charge in [0.05, 0.1) is 0 Å². The van der Waals surface area contributed by atoms with Crippen molar-refractivity contribution in [1.29, 1.82) is 0 Å². The average Bonchev–Trinajstić information content (AvgIpc) is 2.54. The summed E-state index contributed by atoms with van der Waals surface area (Å²) in [6, 6.07) is 0. The van der Waals surface area contributed by atoms with E-state index in [-0.39, 0.29) is 0 Å². The van der Waals surface area contributed by atoms with E-state index in [4.69, 9.17) is 0 Å². The SMILES string of the molecule is C[C@@H]1CNC[C@H]1CC1CCCCC1. The smallest absolute Gasteiger partial charge is 0.00173 e. The second kappa shape index (κ2) is 4.45. The summed E-state index contributed by atoms with van der Waals surface area (Å²) in [5.74, 6) is 2.99. The maximum atomic E-state index is 3.51. The van der Waals surface area contributed by atoms with Crippen molar-refractivity contribution in [3.05, 3.63) is 0 Å². The lowest BCUT2D eigenvalue weighted by molar-refractivity contribution is 0.271. The fourth-order valence-electron chi connectivity index (χ4n) is 3.03. The first-order chi connectivity index (χ1) is 6.36. The van der Waals surface area contributed by atoms with Gasteiger partial charge in [-0.15, -0.1) is 0 Å². The molecule has 1 N–H and O–H groups in total. The van der Waals surface area contributed by atoms with Gasteiger partial charge in [-0.2, -0.15) is 0 Å². The van der Waals surface area contributed by atoms with Gasteiger partial charge < -0.3 is 5.32 Å². The molecular formula is C12H23N. The Balaban J connectivity index is 1.75. The summed E-state index contributed by atoms with van der Waals surface area (Å²) in [5, 5.41) is 3.51. The van der Waals surface area contributed by atoms with Crippen LogP contribution >= 0.6 is 0 Å². The van der Waals surface area contributed by atoms with Crippen LogP contribution in [-0.4, -0.2) is 13.1 Å².